The van der Waals surface area contributed by atoms with Crippen molar-refractivity contribution in [2.45, 2.75) is 13.3 Å². The number of imidazole rings is 1. The van der Waals surface area contributed by atoms with Crippen molar-refractivity contribution in [2.24, 2.45) is 0 Å². The van der Waals surface area contributed by atoms with Crippen molar-refractivity contribution in [3.05, 3.63) is 95.8 Å². The maximum Gasteiger partial charge on any atom is 0.219 e. The Labute approximate surface area is 184 Å². The predicted octanol–water partition coefficient (Wildman–Crippen LogP) is 5.08. The first-order valence-electron chi connectivity index (χ1n) is 10.2. The topological polar surface area (TPSA) is 90.9 Å². The van der Waals surface area contributed by atoms with Crippen LogP contribution in [0.4, 0.5) is 0 Å². The van der Waals surface area contributed by atoms with Crippen LogP contribution in [0, 0.1) is 6.92 Å². The molecule has 5 aromatic rings. The summed E-state index contributed by atoms with van der Waals surface area (Å²) in [5.74, 6) is 0.383. The standard InChI is InChI=1S/C26H21N3O3/c1-16-2-4-17(5-3-16)14-22-26(32)29-15-23(18-6-10-20(30)11-7-18)27-24(25(29)28-22)19-8-12-21(31)13-9-19/h2-13,15,30-32H,14H2,1H3. The maximum absolute atomic E-state index is 11.0. The van der Waals surface area contributed by atoms with Crippen LogP contribution in [0.25, 0.3) is 28.2 Å². The van der Waals surface area contributed by atoms with E-state index in [1.807, 2.05) is 31.2 Å². The molecule has 0 unspecified atom stereocenters. The first kappa shape index (κ1) is 19.6. The maximum atomic E-state index is 11.0. The number of phenols is 2. The molecule has 0 amide bonds. The molecule has 2 aromatic heterocycles. The van der Waals surface area contributed by atoms with E-state index in [-0.39, 0.29) is 17.4 Å². The number of benzene rings is 3. The highest BCUT2D eigenvalue weighted by Gasteiger charge is 2.19. The van der Waals surface area contributed by atoms with Crippen molar-refractivity contribution in [1.82, 2.24) is 14.4 Å². The van der Waals surface area contributed by atoms with E-state index in [9.17, 15) is 15.3 Å². The van der Waals surface area contributed by atoms with Gasteiger partial charge in [0.05, 0.1) is 5.69 Å². The van der Waals surface area contributed by atoms with Gasteiger partial charge in [0.25, 0.3) is 0 Å². The Balaban J connectivity index is 1.70. The summed E-state index contributed by atoms with van der Waals surface area (Å²) < 4.78 is 1.64. The zero-order valence-corrected chi connectivity index (χ0v) is 17.4. The summed E-state index contributed by atoms with van der Waals surface area (Å²) in [6.07, 6.45) is 2.23. The van der Waals surface area contributed by atoms with Gasteiger partial charge in [-0.25, -0.2) is 9.97 Å². The van der Waals surface area contributed by atoms with Crippen molar-refractivity contribution < 1.29 is 15.3 Å². The first-order chi connectivity index (χ1) is 15.5. The van der Waals surface area contributed by atoms with Gasteiger partial charge in [0.1, 0.15) is 22.9 Å². The molecule has 0 saturated carbocycles. The Hall–Kier alpha value is -4.32. The lowest BCUT2D eigenvalue weighted by molar-refractivity contribution is 0.442. The van der Waals surface area contributed by atoms with Crippen LogP contribution in [0.15, 0.2) is 79.0 Å². The minimum atomic E-state index is 0.0584. The molecular formula is C26H21N3O3. The second kappa shape index (κ2) is 7.74. The third-order valence-corrected chi connectivity index (χ3v) is 5.45. The number of aromatic hydroxyl groups is 3. The van der Waals surface area contributed by atoms with Gasteiger partial charge >= 0.3 is 0 Å². The molecule has 6 heteroatoms. The van der Waals surface area contributed by atoms with Crippen LogP contribution in [0.5, 0.6) is 17.4 Å². The van der Waals surface area contributed by atoms with E-state index in [1.54, 1.807) is 59.1 Å². The summed E-state index contributed by atoms with van der Waals surface area (Å²) in [7, 11) is 0. The van der Waals surface area contributed by atoms with Crippen molar-refractivity contribution in [3.8, 4) is 39.9 Å². The van der Waals surface area contributed by atoms with E-state index in [1.165, 1.54) is 5.56 Å². The Kier molecular flexibility index (Phi) is 4.75. The molecule has 0 aliphatic rings. The number of rotatable bonds is 4. The average Bonchev–Trinajstić information content (AvgIpc) is 3.11. The molecule has 0 saturated heterocycles. The summed E-state index contributed by atoms with van der Waals surface area (Å²) in [5.41, 5.74) is 6.06. The fraction of sp³-hybridized carbons (Fsp3) is 0.0769. The fourth-order valence-electron chi connectivity index (χ4n) is 3.68. The van der Waals surface area contributed by atoms with E-state index in [0.29, 0.717) is 29.1 Å². The number of hydrogen-bond donors (Lipinski definition) is 3. The third kappa shape index (κ3) is 3.63. The highest BCUT2D eigenvalue weighted by molar-refractivity contribution is 5.78. The van der Waals surface area contributed by atoms with Crippen molar-refractivity contribution in [3.63, 3.8) is 0 Å². The van der Waals surface area contributed by atoms with Gasteiger partial charge in [0, 0.05) is 23.7 Å². The van der Waals surface area contributed by atoms with Crippen LogP contribution in [-0.2, 0) is 6.42 Å². The number of fused-ring (bicyclic) bond motifs is 1. The van der Waals surface area contributed by atoms with Gasteiger partial charge in [0.15, 0.2) is 5.65 Å². The van der Waals surface area contributed by atoms with Gasteiger partial charge in [-0.3, -0.25) is 4.40 Å². The molecule has 0 bridgehead atoms. The molecule has 0 atom stereocenters. The quantitative estimate of drug-likeness (QED) is 0.375. The zero-order valence-electron chi connectivity index (χ0n) is 17.4. The number of hydrogen-bond acceptors (Lipinski definition) is 5. The van der Waals surface area contributed by atoms with Gasteiger partial charge in [0.2, 0.25) is 5.88 Å². The lowest BCUT2D eigenvalue weighted by Crippen LogP contribution is -1.96. The van der Waals surface area contributed by atoms with E-state index in [0.717, 1.165) is 16.7 Å². The number of phenolic OH excluding ortho intramolecular Hbond substituents is 2. The summed E-state index contributed by atoms with van der Waals surface area (Å²) in [5, 5.41) is 30.4. The lowest BCUT2D eigenvalue weighted by atomic mass is 10.1. The van der Waals surface area contributed by atoms with Gasteiger partial charge in [-0.15, -0.1) is 0 Å². The summed E-state index contributed by atoms with van der Waals surface area (Å²) in [6, 6.07) is 21.6. The highest BCUT2D eigenvalue weighted by atomic mass is 16.3. The Morgan fingerprint density at radius 2 is 1.31 bits per heavy atom. The van der Waals surface area contributed by atoms with Crippen LogP contribution in [-0.4, -0.2) is 29.7 Å². The molecule has 3 aromatic carbocycles. The summed E-state index contributed by atoms with van der Waals surface area (Å²) in [6.45, 7) is 2.03. The molecule has 5 rings (SSSR count). The van der Waals surface area contributed by atoms with Crippen LogP contribution < -0.4 is 0 Å². The number of nitrogens with zero attached hydrogens (tertiary/aromatic N) is 3. The van der Waals surface area contributed by atoms with Crippen LogP contribution in [0.3, 0.4) is 0 Å². The molecule has 3 N–H and O–H groups in total. The molecule has 6 nitrogen and oxygen atoms in total. The van der Waals surface area contributed by atoms with E-state index in [4.69, 9.17) is 9.97 Å². The second-order valence-electron chi connectivity index (χ2n) is 7.81. The third-order valence-electron chi connectivity index (χ3n) is 5.45. The minimum absolute atomic E-state index is 0.0584. The molecule has 32 heavy (non-hydrogen) atoms. The molecule has 0 fully saturated rings. The van der Waals surface area contributed by atoms with E-state index < -0.39 is 0 Å². The van der Waals surface area contributed by atoms with Crippen molar-refractivity contribution in [2.75, 3.05) is 0 Å². The second-order valence-corrected chi connectivity index (χ2v) is 7.81. The van der Waals surface area contributed by atoms with Crippen LogP contribution in [0.1, 0.15) is 16.8 Å². The molecule has 0 radical (unpaired) electrons. The summed E-state index contributed by atoms with van der Waals surface area (Å²) in [4.78, 5) is 9.54. The fourth-order valence-corrected chi connectivity index (χ4v) is 3.68. The Bertz CT molecular complexity index is 1400. The smallest absolute Gasteiger partial charge is 0.219 e. The van der Waals surface area contributed by atoms with Gasteiger partial charge < -0.3 is 15.3 Å². The zero-order chi connectivity index (χ0) is 22.2. The normalized spacial score (nSPS) is 11.2. The van der Waals surface area contributed by atoms with E-state index >= 15 is 0 Å². The minimum Gasteiger partial charge on any atom is -0.508 e. The van der Waals surface area contributed by atoms with Gasteiger partial charge in [-0.05, 0) is 61.0 Å². The summed E-state index contributed by atoms with van der Waals surface area (Å²) >= 11 is 0. The molecule has 0 aliphatic heterocycles. The largest absolute Gasteiger partial charge is 0.508 e. The Morgan fingerprint density at radius 3 is 1.94 bits per heavy atom. The van der Waals surface area contributed by atoms with Crippen molar-refractivity contribution >= 4 is 5.65 Å². The first-order valence-corrected chi connectivity index (χ1v) is 10.2. The molecule has 0 spiro atoms. The molecule has 2 heterocycles. The molecular weight excluding hydrogens is 402 g/mol. The average molecular weight is 423 g/mol. The molecule has 158 valence electrons. The van der Waals surface area contributed by atoms with Gasteiger partial charge in [-0.2, -0.15) is 0 Å². The monoisotopic (exact) mass is 423 g/mol. The SMILES string of the molecule is Cc1ccc(Cc2nc3c(-c4ccc(O)cc4)nc(-c4ccc(O)cc4)cn3c2O)cc1. The predicted molar refractivity (Wildman–Crippen MR) is 123 cm³/mol. The Morgan fingerprint density at radius 1 is 0.719 bits per heavy atom. The highest BCUT2D eigenvalue weighted by Crippen LogP contribution is 2.32. The van der Waals surface area contributed by atoms with Crippen LogP contribution in [0.2, 0.25) is 0 Å². The van der Waals surface area contributed by atoms with Gasteiger partial charge in [-0.1, -0.05) is 29.8 Å². The van der Waals surface area contributed by atoms with E-state index in [2.05, 4.69) is 0 Å². The number of aromatic nitrogens is 3. The van der Waals surface area contributed by atoms with Crippen LogP contribution >= 0.6 is 0 Å². The lowest BCUT2D eigenvalue weighted by Gasteiger charge is -2.09. The number of aryl methyl sites for hydroxylation is 1. The molecule has 0 aliphatic carbocycles. The van der Waals surface area contributed by atoms with Crippen molar-refractivity contribution in [1.29, 1.82) is 0 Å².